The van der Waals surface area contributed by atoms with Crippen LogP contribution in [-0.4, -0.2) is 5.91 Å². The SMILES string of the molecule is Cl.NNC(=O)c1cc(F)ccc1Br. The third kappa shape index (κ3) is 2.95. The monoisotopic (exact) mass is 268 g/mol. The molecule has 3 N–H and O–H groups in total. The van der Waals surface area contributed by atoms with Gasteiger partial charge in [0.2, 0.25) is 0 Å². The van der Waals surface area contributed by atoms with Gasteiger partial charge >= 0.3 is 0 Å². The molecule has 0 atom stereocenters. The van der Waals surface area contributed by atoms with E-state index in [1.807, 2.05) is 5.43 Å². The topological polar surface area (TPSA) is 55.1 Å². The molecule has 0 saturated carbocycles. The fourth-order valence-electron chi connectivity index (χ4n) is 0.749. The molecule has 0 aliphatic carbocycles. The van der Waals surface area contributed by atoms with Gasteiger partial charge in [-0.1, -0.05) is 0 Å². The lowest BCUT2D eigenvalue weighted by Gasteiger charge is -2.01. The summed E-state index contributed by atoms with van der Waals surface area (Å²) in [5, 5.41) is 0. The molecule has 0 aliphatic heterocycles. The van der Waals surface area contributed by atoms with Crippen molar-refractivity contribution in [2.24, 2.45) is 5.84 Å². The number of rotatable bonds is 1. The van der Waals surface area contributed by atoms with E-state index in [0.29, 0.717) is 4.47 Å². The van der Waals surface area contributed by atoms with E-state index >= 15 is 0 Å². The molecule has 1 aromatic rings. The molecule has 1 amide bonds. The number of nitrogens with two attached hydrogens (primary N) is 1. The lowest BCUT2D eigenvalue weighted by molar-refractivity contribution is 0.0952. The van der Waals surface area contributed by atoms with Gasteiger partial charge in [-0.25, -0.2) is 10.2 Å². The van der Waals surface area contributed by atoms with Gasteiger partial charge in [-0.2, -0.15) is 0 Å². The number of carbonyl (C=O) groups is 1. The van der Waals surface area contributed by atoms with Crippen LogP contribution in [0.5, 0.6) is 0 Å². The number of nitrogens with one attached hydrogen (secondary N) is 1. The number of nitrogen functional groups attached to an aromatic ring is 1. The fraction of sp³-hybridized carbons (Fsp3) is 0. The highest BCUT2D eigenvalue weighted by atomic mass is 79.9. The number of hydrazine groups is 1. The van der Waals surface area contributed by atoms with Crippen LogP contribution in [0.3, 0.4) is 0 Å². The van der Waals surface area contributed by atoms with Gasteiger partial charge < -0.3 is 0 Å². The highest BCUT2D eigenvalue weighted by Crippen LogP contribution is 2.17. The highest BCUT2D eigenvalue weighted by Gasteiger charge is 2.08. The van der Waals surface area contributed by atoms with Gasteiger partial charge in [0.25, 0.3) is 5.91 Å². The van der Waals surface area contributed by atoms with Crippen molar-refractivity contribution in [1.29, 1.82) is 0 Å². The Bertz CT molecular complexity index is 321. The van der Waals surface area contributed by atoms with Crippen LogP contribution in [0, 0.1) is 5.82 Å². The second-order valence-electron chi connectivity index (χ2n) is 2.10. The van der Waals surface area contributed by atoms with Crippen LogP contribution < -0.4 is 11.3 Å². The first-order chi connectivity index (χ1) is 5.65. The van der Waals surface area contributed by atoms with Crippen LogP contribution in [0.15, 0.2) is 22.7 Å². The predicted octanol–water partition coefficient (Wildman–Crippen LogP) is 1.61. The lowest BCUT2D eigenvalue weighted by atomic mass is 10.2. The fourth-order valence-corrected chi connectivity index (χ4v) is 1.18. The van der Waals surface area contributed by atoms with E-state index < -0.39 is 11.7 Å². The van der Waals surface area contributed by atoms with Crippen LogP contribution in [0.4, 0.5) is 4.39 Å². The van der Waals surface area contributed by atoms with Crippen LogP contribution in [0.2, 0.25) is 0 Å². The minimum atomic E-state index is -0.527. The number of carbonyl (C=O) groups excluding carboxylic acids is 1. The second-order valence-corrected chi connectivity index (χ2v) is 2.95. The summed E-state index contributed by atoms with van der Waals surface area (Å²) in [6.45, 7) is 0. The number of amides is 1. The largest absolute Gasteiger partial charge is 0.290 e. The molecular weight excluding hydrogens is 262 g/mol. The van der Waals surface area contributed by atoms with Crippen LogP contribution in [0.25, 0.3) is 0 Å². The number of benzene rings is 1. The summed E-state index contributed by atoms with van der Waals surface area (Å²) < 4.78 is 13.1. The molecule has 1 rings (SSSR count). The summed E-state index contributed by atoms with van der Waals surface area (Å²) in [4.78, 5) is 11.0. The summed E-state index contributed by atoms with van der Waals surface area (Å²) in [7, 11) is 0. The highest BCUT2D eigenvalue weighted by molar-refractivity contribution is 9.10. The van der Waals surface area contributed by atoms with Gasteiger partial charge in [0.05, 0.1) is 5.56 Å². The second kappa shape index (κ2) is 5.16. The normalized spacial score (nSPS) is 8.85. The Morgan fingerprint density at radius 1 is 1.54 bits per heavy atom. The Labute approximate surface area is 89.0 Å². The minimum Gasteiger partial charge on any atom is -0.290 e. The average Bonchev–Trinajstić information content (AvgIpc) is 2.08. The first-order valence-corrected chi connectivity index (χ1v) is 3.90. The zero-order valence-corrected chi connectivity index (χ0v) is 8.78. The van der Waals surface area contributed by atoms with E-state index in [4.69, 9.17) is 5.84 Å². The molecule has 0 fully saturated rings. The van der Waals surface area contributed by atoms with E-state index in [9.17, 15) is 9.18 Å². The molecule has 0 unspecified atom stereocenters. The van der Waals surface area contributed by atoms with Gasteiger partial charge in [0.1, 0.15) is 5.82 Å². The predicted molar refractivity (Wildman–Crippen MR) is 53.0 cm³/mol. The molecule has 6 heteroatoms. The molecule has 13 heavy (non-hydrogen) atoms. The maximum absolute atomic E-state index is 12.6. The van der Waals surface area contributed by atoms with Gasteiger partial charge in [-0.15, -0.1) is 12.4 Å². The third-order valence-electron chi connectivity index (χ3n) is 1.30. The summed E-state index contributed by atoms with van der Waals surface area (Å²) in [5.74, 6) is 3.88. The van der Waals surface area contributed by atoms with Crippen molar-refractivity contribution < 1.29 is 9.18 Å². The molecule has 1 aromatic carbocycles. The summed E-state index contributed by atoms with van der Waals surface area (Å²) in [6, 6.07) is 3.80. The van der Waals surface area contributed by atoms with Crippen molar-refractivity contribution in [2.45, 2.75) is 0 Å². The van der Waals surface area contributed by atoms with E-state index in [1.165, 1.54) is 12.1 Å². The van der Waals surface area contributed by atoms with Crippen LogP contribution >= 0.6 is 28.3 Å². The Morgan fingerprint density at radius 2 is 2.15 bits per heavy atom. The standard InChI is InChI=1S/C7H6BrFN2O.ClH/c8-6-2-1-4(9)3-5(6)7(12)11-10;/h1-3H,10H2,(H,11,12);1H. The van der Waals surface area contributed by atoms with Crippen molar-refractivity contribution in [3.63, 3.8) is 0 Å². The zero-order chi connectivity index (χ0) is 9.14. The first-order valence-electron chi connectivity index (χ1n) is 3.11. The van der Waals surface area contributed by atoms with E-state index in [2.05, 4.69) is 15.9 Å². The van der Waals surface area contributed by atoms with Crippen molar-refractivity contribution in [3.05, 3.63) is 34.1 Å². The lowest BCUT2D eigenvalue weighted by Crippen LogP contribution is -2.30. The van der Waals surface area contributed by atoms with Crippen LogP contribution in [-0.2, 0) is 0 Å². The average molecular weight is 270 g/mol. The third-order valence-corrected chi connectivity index (χ3v) is 2.00. The summed E-state index contributed by atoms with van der Waals surface area (Å²) >= 11 is 3.09. The van der Waals surface area contributed by atoms with Gasteiger partial charge in [0, 0.05) is 4.47 Å². The molecule has 72 valence electrons. The van der Waals surface area contributed by atoms with Crippen molar-refractivity contribution in [1.82, 2.24) is 5.43 Å². The molecule has 0 heterocycles. The maximum Gasteiger partial charge on any atom is 0.266 e. The van der Waals surface area contributed by atoms with Gasteiger partial charge in [-0.05, 0) is 34.1 Å². The van der Waals surface area contributed by atoms with Crippen molar-refractivity contribution in [3.8, 4) is 0 Å². The molecule has 0 spiro atoms. The first kappa shape index (κ1) is 12.3. The zero-order valence-electron chi connectivity index (χ0n) is 6.38. The molecule has 0 saturated heterocycles. The van der Waals surface area contributed by atoms with Gasteiger partial charge in [-0.3, -0.25) is 10.2 Å². The quantitative estimate of drug-likeness (QED) is 0.462. The number of halogens is 3. The maximum atomic E-state index is 12.6. The Morgan fingerprint density at radius 3 is 2.69 bits per heavy atom. The van der Waals surface area contributed by atoms with Gasteiger partial charge in [0.15, 0.2) is 0 Å². The van der Waals surface area contributed by atoms with Crippen molar-refractivity contribution >= 4 is 34.2 Å². The minimum absolute atomic E-state index is 0. The Kier molecular flexibility index (Phi) is 4.90. The smallest absolute Gasteiger partial charge is 0.266 e. The van der Waals surface area contributed by atoms with Crippen LogP contribution in [0.1, 0.15) is 10.4 Å². The number of hydrogen-bond acceptors (Lipinski definition) is 2. The Hall–Kier alpha value is -0.650. The number of hydrogen-bond donors (Lipinski definition) is 2. The van der Waals surface area contributed by atoms with E-state index in [0.717, 1.165) is 6.07 Å². The molecule has 3 nitrogen and oxygen atoms in total. The summed E-state index contributed by atoms with van der Waals surface area (Å²) in [6.07, 6.45) is 0. The Balaban J connectivity index is 0.00000144. The van der Waals surface area contributed by atoms with E-state index in [-0.39, 0.29) is 18.0 Å². The van der Waals surface area contributed by atoms with E-state index in [1.54, 1.807) is 0 Å². The molecule has 0 aromatic heterocycles. The summed E-state index contributed by atoms with van der Waals surface area (Å²) in [5.41, 5.74) is 2.09. The molecule has 0 aliphatic rings. The van der Waals surface area contributed by atoms with Crippen molar-refractivity contribution in [2.75, 3.05) is 0 Å². The molecular formula is C7H7BrClFN2O. The molecule has 0 bridgehead atoms. The molecule has 0 radical (unpaired) electrons.